The normalized spacial score (nSPS) is 11.8. The van der Waals surface area contributed by atoms with E-state index in [0.717, 1.165) is 10.0 Å². The Balaban J connectivity index is 3.00. The molecule has 0 amide bonds. The van der Waals surface area contributed by atoms with E-state index in [1.807, 2.05) is 38.1 Å². The molecule has 1 aromatic carbocycles. The molecule has 0 spiro atoms. The minimum absolute atomic E-state index is 0.205. The summed E-state index contributed by atoms with van der Waals surface area (Å²) in [6.07, 6.45) is 0. The van der Waals surface area contributed by atoms with E-state index in [0.29, 0.717) is 6.54 Å². The molecule has 0 radical (unpaired) electrons. The molecular formula is C13H17BrN2O2S. The second-order valence-corrected chi connectivity index (χ2v) is 7.52. The van der Waals surface area contributed by atoms with Crippen LogP contribution in [-0.2, 0) is 16.6 Å². The lowest BCUT2D eigenvalue weighted by Crippen LogP contribution is -2.35. The van der Waals surface area contributed by atoms with Crippen molar-refractivity contribution in [2.45, 2.75) is 20.4 Å². The highest BCUT2D eigenvalue weighted by atomic mass is 79.9. The van der Waals surface area contributed by atoms with Crippen molar-refractivity contribution in [2.75, 3.05) is 12.3 Å². The number of nitrogens with zero attached hydrogens (tertiary/aromatic N) is 2. The molecular weight excluding hydrogens is 328 g/mol. The fourth-order valence-corrected chi connectivity index (χ4v) is 3.29. The number of hydrogen-bond acceptors (Lipinski definition) is 3. The van der Waals surface area contributed by atoms with Crippen LogP contribution in [0, 0.1) is 17.2 Å². The van der Waals surface area contributed by atoms with Gasteiger partial charge in [0.2, 0.25) is 10.0 Å². The van der Waals surface area contributed by atoms with Gasteiger partial charge in [0.1, 0.15) is 0 Å². The second kappa shape index (κ2) is 7.04. The van der Waals surface area contributed by atoms with E-state index in [4.69, 9.17) is 5.26 Å². The molecule has 0 aliphatic carbocycles. The van der Waals surface area contributed by atoms with Crippen molar-refractivity contribution < 1.29 is 8.42 Å². The Hall–Kier alpha value is -0.900. The first-order valence-corrected chi connectivity index (χ1v) is 8.35. The van der Waals surface area contributed by atoms with E-state index in [9.17, 15) is 8.42 Å². The Bertz CT molecular complexity index is 564. The van der Waals surface area contributed by atoms with Crippen LogP contribution in [0.15, 0.2) is 28.7 Å². The summed E-state index contributed by atoms with van der Waals surface area (Å²) in [6.45, 7) is 4.60. The highest BCUT2D eigenvalue weighted by molar-refractivity contribution is 9.10. The quantitative estimate of drug-likeness (QED) is 0.796. The van der Waals surface area contributed by atoms with Crippen LogP contribution in [-0.4, -0.2) is 25.0 Å². The molecule has 6 heteroatoms. The zero-order valence-electron chi connectivity index (χ0n) is 11.0. The number of rotatable bonds is 6. The van der Waals surface area contributed by atoms with Crippen molar-refractivity contribution in [2.24, 2.45) is 5.92 Å². The summed E-state index contributed by atoms with van der Waals surface area (Å²) in [4.78, 5) is 0. The van der Waals surface area contributed by atoms with Crippen molar-refractivity contribution in [3.05, 3.63) is 34.3 Å². The summed E-state index contributed by atoms with van der Waals surface area (Å²) in [5.41, 5.74) is 0.893. The lowest BCUT2D eigenvalue weighted by atomic mass is 10.2. The predicted octanol–water partition coefficient (Wildman–Crippen LogP) is 2.76. The Morgan fingerprint density at radius 2 is 2.00 bits per heavy atom. The smallest absolute Gasteiger partial charge is 0.211 e. The van der Waals surface area contributed by atoms with E-state index in [-0.39, 0.29) is 12.5 Å². The van der Waals surface area contributed by atoms with Gasteiger partial charge in [-0.1, -0.05) is 48.0 Å². The molecule has 1 aromatic rings. The Morgan fingerprint density at radius 1 is 1.37 bits per heavy atom. The van der Waals surface area contributed by atoms with Gasteiger partial charge in [-0.2, -0.15) is 9.57 Å². The fourth-order valence-electron chi connectivity index (χ4n) is 1.67. The summed E-state index contributed by atoms with van der Waals surface area (Å²) >= 11 is 3.41. The van der Waals surface area contributed by atoms with Crippen LogP contribution >= 0.6 is 15.9 Å². The molecule has 0 heterocycles. The summed E-state index contributed by atoms with van der Waals surface area (Å²) in [5, 5.41) is 8.64. The van der Waals surface area contributed by atoms with E-state index in [1.165, 1.54) is 4.31 Å². The van der Waals surface area contributed by atoms with Gasteiger partial charge in [-0.25, -0.2) is 8.42 Å². The monoisotopic (exact) mass is 344 g/mol. The molecule has 0 aromatic heterocycles. The third kappa shape index (κ3) is 4.94. The van der Waals surface area contributed by atoms with Crippen LogP contribution in [0.4, 0.5) is 0 Å². The second-order valence-electron chi connectivity index (χ2n) is 4.69. The topological polar surface area (TPSA) is 61.2 Å². The summed E-state index contributed by atoms with van der Waals surface area (Å²) in [6, 6.07) is 9.21. The standard InChI is InChI=1S/C13H17BrN2O2S/c1-11(2)9-16(19(17,18)8-7-15)10-12-5-3-4-6-13(12)14/h3-6,11H,8-10H2,1-2H3. The molecule has 19 heavy (non-hydrogen) atoms. The highest BCUT2D eigenvalue weighted by Gasteiger charge is 2.23. The summed E-state index contributed by atoms with van der Waals surface area (Å²) in [7, 11) is -3.53. The van der Waals surface area contributed by atoms with Crippen molar-refractivity contribution in [3.8, 4) is 6.07 Å². The first-order chi connectivity index (χ1) is 8.86. The molecule has 0 aliphatic heterocycles. The van der Waals surface area contributed by atoms with Gasteiger partial charge in [0.25, 0.3) is 0 Å². The summed E-state index contributed by atoms with van der Waals surface area (Å²) in [5.74, 6) is -0.277. The molecule has 104 valence electrons. The van der Waals surface area contributed by atoms with Crippen molar-refractivity contribution in [3.63, 3.8) is 0 Å². The molecule has 0 N–H and O–H groups in total. The number of hydrogen-bond donors (Lipinski definition) is 0. The molecule has 0 fully saturated rings. The Kier molecular flexibility index (Phi) is 5.98. The van der Waals surface area contributed by atoms with E-state index >= 15 is 0 Å². The minimum Gasteiger partial charge on any atom is -0.211 e. The van der Waals surface area contributed by atoms with Crippen LogP contribution in [0.2, 0.25) is 0 Å². The Morgan fingerprint density at radius 3 is 2.53 bits per heavy atom. The maximum atomic E-state index is 12.1. The highest BCUT2D eigenvalue weighted by Crippen LogP contribution is 2.20. The number of sulfonamides is 1. The van der Waals surface area contributed by atoms with Crippen molar-refractivity contribution >= 4 is 26.0 Å². The predicted molar refractivity (Wildman–Crippen MR) is 78.8 cm³/mol. The molecule has 0 aliphatic rings. The van der Waals surface area contributed by atoms with Crippen molar-refractivity contribution in [1.29, 1.82) is 5.26 Å². The van der Waals surface area contributed by atoms with Gasteiger partial charge >= 0.3 is 0 Å². The van der Waals surface area contributed by atoms with Crippen LogP contribution in [0.3, 0.4) is 0 Å². The van der Waals surface area contributed by atoms with Crippen LogP contribution < -0.4 is 0 Å². The fraction of sp³-hybridized carbons (Fsp3) is 0.462. The van der Waals surface area contributed by atoms with Crippen LogP contribution in [0.25, 0.3) is 0 Å². The lowest BCUT2D eigenvalue weighted by Gasteiger charge is -2.23. The summed E-state index contributed by atoms with van der Waals surface area (Å²) < 4.78 is 26.4. The number of nitriles is 1. The van der Waals surface area contributed by atoms with Gasteiger partial charge < -0.3 is 0 Å². The molecule has 0 saturated carbocycles. The minimum atomic E-state index is -3.53. The molecule has 1 rings (SSSR count). The number of halogens is 1. The van der Waals surface area contributed by atoms with E-state index < -0.39 is 15.8 Å². The van der Waals surface area contributed by atoms with E-state index in [2.05, 4.69) is 15.9 Å². The molecule has 0 unspecified atom stereocenters. The van der Waals surface area contributed by atoms with Gasteiger partial charge in [0, 0.05) is 17.6 Å². The number of benzene rings is 1. The largest absolute Gasteiger partial charge is 0.227 e. The lowest BCUT2D eigenvalue weighted by molar-refractivity contribution is 0.363. The molecule has 0 bridgehead atoms. The zero-order chi connectivity index (χ0) is 14.5. The Labute approximate surface area is 123 Å². The van der Waals surface area contributed by atoms with Crippen molar-refractivity contribution in [1.82, 2.24) is 4.31 Å². The molecule has 0 saturated heterocycles. The first-order valence-electron chi connectivity index (χ1n) is 5.95. The van der Waals surface area contributed by atoms with Gasteiger partial charge in [-0.3, -0.25) is 0 Å². The SMILES string of the molecule is CC(C)CN(Cc1ccccc1Br)S(=O)(=O)CC#N. The van der Waals surface area contributed by atoms with Gasteiger partial charge in [0.05, 0.1) is 6.07 Å². The average Bonchev–Trinajstić information content (AvgIpc) is 2.30. The van der Waals surface area contributed by atoms with E-state index in [1.54, 1.807) is 6.07 Å². The molecule has 4 nitrogen and oxygen atoms in total. The third-order valence-electron chi connectivity index (χ3n) is 2.51. The van der Waals surface area contributed by atoms with Gasteiger partial charge in [-0.05, 0) is 17.5 Å². The third-order valence-corrected chi connectivity index (χ3v) is 4.85. The van der Waals surface area contributed by atoms with Crippen LogP contribution in [0.5, 0.6) is 0 Å². The maximum Gasteiger partial charge on any atom is 0.227 e. The maximum absolute atomic E-state index is 12.1. The zero-order valence-corrected chi connectivity index (χ0v) is 13.4. The molecule has 0 atom stereocenters. The van der Waals surface area contributed by atoms with Gasteiger partial charge in [-0.15, -0.1) is 0 Å². The van der Waals surface area contributed by atoms with Crippen LogP contribution in [0.1, 0.15) is 19.4 Å². The first kappa shape index (κ1) is 16.2. The average molecular weight is 345 g/mol. The van der Waals surface area contributed by atoms with Gasteiger partial charge in [0.15, 0.2) is 5.75 Å².